The Morgan fingerprint density at radius 1 is 1.46 bits per heavy atom. The molecule has 0 aromatic heterocycles. The number of esters is 1. The highest BCUT2D eigenvalue weighted by atomic mass is 127. The van der Waals surface area contributed by atoms with Gasteiger partial charge in [0.1, 0.15) is 11.3 Å². The van der Waals surface area contributed by atoms with Gasteiger partial charge in [0.05, 0.1) is 10.7 Å². The van der Waals surface area contributed by atoms with Crippen LogP contribution in [0, 0.1) is 7.14 Å². The lowest BCUT2D eigenvalue weighted by molar-refractivity contribution is 0.0597. The van der Waals surface area contributed by atoms with Crippen molar-refractivity contribution in [3.63, 3.8) is 0 Å². The van der Waals surface area contributed by atoms with Crippen LogP contribution in [0.5, 0.6) is 5.75 Å². The second-order valence-electron chi connectivity index (χ2n) is 2.25. The van der Waals surface area contributed by atoms with Crippen molar-refractivity contribution in [1.82, 2.24) is 0 Å². The van der Waals surface area contributed by atoms with Gasteiger partial charge >= 0.3 is 5.97 Å². The number of halogens is 2. The van der Waals surface area contributed by atoms with E-state index in [1.54, 1.807) is 12.1 Å². The summed E-state index contributed by atoms with van der Waals surface area (Å²) in [5.74, 6) is -0.536. The monoisotopic (exact) mass is 404 g/mol. The van der Waals surface area contributed by atoms with Gasteiger partial charge in [-0.15, -0.1) is 0 Å². The van der Waals surface area contributed by atoms with Crippen molar-refractivity contribution in [2.24, 2.45) is 0 Å². The minimum Gasteiger partial charge on any atom is -0.506 e. The number of aromatic hydroxyl groups is 1. The molecule has 0 atom stereocenters. The van der Waals surface area contributed by atoms with E-state index in [-0.39, 0.29) is 11.3 Å². The maximum absolute atomic E-state index is 11.1. The molecule has 13 heavy (non-hydrogen) atoms. The predicted molar refractivity (Wildman–Crippen MR) is 64.9 cm³/mol. The molecule has 3 nitrogen and oxygen atoms in total. The van der Waals surface area contributed by atoms with Crippen molar-refractivity contribution in [2.45, 2.75) is 0 Å². The molecule has 1 rings (SSSR count). The Labute approximate surface area is 103 Å². The summed E-state index contributed by atoms with van der Waals surface area (Å²) < 4.78 is 6.08. The molecule has 0 fully saturated rings. The van der Waals surface area contributed by atoms with E-state index in [1.807, 2.05) is 22.6 Å². The van der Waals surface area contributed by atoms with Crippen LogP contribution < -0.4 is 0 Å². The summed E-state index contributed by atoms with van der Waals surface area (Å²) in [6.45, 7) is 0. The standard InChI is InChI=1S/C8H6I2O3/c1-13-8(12)4-2-3-5(9)6(10)7(4)11/h2-3,11H,1H3. The number of hydrogen-bond donors (Lipinski definition) is 1. The average Bonchev–Trinajstić information content (AvgIpc) is 2.13. The Kier molecular flexibility index (Phi) is 3.77. The smallest absolute Gasteiger partial charge is 0.341 e. The van der Waals surface area contributed by atoms with E-state index in [2.05, 4.69) is 27.3 Å². The van der Waals surface area contributed by atoms with Crippen LogP contribution >= 0.6 is 45.2 Å². The fraction of sp³-hybridized carbons (Fsp3) is 0.125. The highest BCUT2D eigenvalue weighted by Crippen LogP contribution is 2.28. The highest BCUT2D eigenvalue weighted by Gasteiger charge is 2.15. The number of phenols is 1. The highest BCUT2D eigenvalue weighted by molar-refractivity contribution is 14.1. The lowest BCUT2D eigenvalue weighted by Gasteiger charge is -2.05. The number of methoxy groups -OCH3 is 1. The SMILES string of the molecule is COC(=O)c1ccc(I)c(I)c1O. The Morgan fingerprint density at radius 2 is 2.08 bits per heavy atom. The zero-order chi connectivity index (χ0) is 10.0. The van der Waals surface area contributed by atoms with Gasteiger partial charge in [0, 0.05) is 3.57 Å². The largest absolute Gasteiger partial charge is 0.506 e. The first-order valence-electron chi connectivity index (χ1n) is 3.33. The number of phenolic OH excluding ortho intramolecular Hbond substituents is 1. The third-order valence-corrected chi connectivity index (χ3v) is 4.50. The van der Waals surface area contributed by atoms with E-state index in [0.29, 0.717) is 3.57 Å². The molecule has 0 spiro atoms. The van der Waals surface area contributed by atoms with Crippen molar-refractivity contribution in [2.75, 3.05) is 7.11 Å². The Hall–Kier alpha value is -0.0500. The van der Waals surface area contributed by atoms with Gasteiger partial charge in [0.2, 0.25) is 0 Å². The van der Waals surface area contributed by atoms with Gasteiger partial charge in [0.25, 0.3) is 0 Å². The normalized spacial score (nSPS) is 9.77. The van der Waals surface area contributed by atoms with Gasteiger partial charge in [-0.3, -0.25) is 0 Å². The zero-order valence-electron chi connectivity index (χ0n) is 6.67. The van der Waals surface area contributed by atoms with Gasteiger partial charge in [0.15, 0.2) is 0 Å². The van der Waals surface area contributed by atoms with Crippen molar-refractivity contribution in [3.05, 3.63) is 24.8 Å². The second kappa shape index (κ2) is 4.45. The first-order chi connectivity index (χ1) is 6.07. The maximum atomic E-state index is 11.1. The van der Waals surface area contributed by atoms with Crippen LogP contribution in [0.4, 0.5) is 0 Å². The molecule has 0 aliphatic heterocycles. The van der Waals surface area contributed by atoms with Crippen LogP contribution in [-0.4, -0.2) is 18.2 Å². The third-order valence-electron chi connectivity index (χ3n) is 1.47. The summed E-state index contributed by atoms with van der Waals surface area (Å²) in [5, 5.41) is 9.57. The molecule has 70 valence electrons. The van der Waals surface area contributed by atoms with Crippen molar-refractivity contribution < 1.29 is 14.6 Å². The summed E-state index contributed by atoms with van der Waals surface area (Å²) in [6.07, 6.45) is 0. The van der Waals surface area contributed by atoms with Crippen LogP contribution in [0.15, 0.2) is 12.1 Å². The Balaban J connectivity index is 3.26. The number of rotatable bonds is 1. The number of carbonyl (C=O) groups is 1. The third kappa shape index (κ3) is 2.25. The number of carbonyl (C=O) groups excluding carboxylic acids is 1. The van der Waals surface area contributed by atoms with Crippen LogP contribution in [0.25, 0.3) is 0 Å². The van der Waals surface area contributed by atoms with E-state index in [4.69, 9.17) is 0 Å². The van der Waals surface area contributed by atoms with Crippen LogP contribution in [0.3, 0.4) is 0 Å². The number of hydrogen-bond acceptors (Lipinski definition) is 3. The summed E-state index contributed by atoms with van der Waals surface area (Å²) in [7, 11) is 1.28. The zero-order valence-corrected chi connectivity index (χ0v) is 11.0. The van der Waals surface area contributed by atoms with E-state index >= 15 is 0 Å². The average molecular weight is 404 g/mol. The minimum absolute atomic E-state index is 0.0145. The van der Waals surface area contributed by atoms with E-state index in [1.165, 1.54) is 7.11 Å². The molecule has 1 N–H and O–H groups in total. The van der Waals surface area contributed by atoms with Gasteiger partial charge < -0.3 is 9.84 Å². The van der Waals surface area contributed by atoms with Gasteiger partial charge in [-0.2, -0.15) is 0 Å². The molecular formula is C8H6I2O3. The quantitative estimate of drug-likeness (QED) is 0.578. The number of ether oxygens (including phenoxy) is 1. The van der Waals surface area contributed by atoms with Crippen molar-refractivity contribution in [3.8, 4) is 5.75 Å². The lowest BCUT2D eigenvalue weighted by Crippen LogP contribution is -2.02. The van der Waals surface area contributed by atoms with Crippen molar-refractivity contribution >= 4 is 51.2 Å². The molecule has 1 aromatic rings. The minimum atomic E-state index is -0.521. The maximum Gasteiger partial charge on any atom is 0.341 e. The molecule has 0 saturated carbocycles. The van der Waals surface area contributed by atoms with E-state index in [0.717, 1.165) is 3.57 Å². The molecule has 1 aromatic carbocycles. The molecule has 0 aliphatic rings. The van der Waals surface area contributed by atoms with Gasteiger partial charge in [-0.25, -0.2) is 4.79 Å². The molecule has 0 amide bonds. The second-order valence-corrected chi connectivity index (χ2v) is 4.49. The molecule has 5 heteroatoms. The molecule has 0 saturated heterocycles. The number of benzene rings is 1. The predicted octanol–water partition coefficient (Wildman–Crippen LogP) is 2.39. The van der Waals surface area contributed by atoms with Crippen LogP contribution in [-0.2, 0) is 4.74 Å². The van der Waals surface area contributed by atoms with Crippen LogP contribution in [0.2, 0.25) is 0 Å². The Bertz CT molecular complexity index is 349. The lowest BCUT2D eigenvalue weighted by atomic mass is 10.2. The first-order valence-corrected chi connectivity index (χ1v) is 5.49. The summed E-state index contributed by atoms with van der Waals surface area (Å²) in [5.41, 5.74) is 0.201. The fourth-order valence-electron chi connectivity index (χ4n) is 0.815. The fourth-order valence-corrected chi connectivity index (χ4v) is 1.72. The van der Waals surface area contributed by atoms with Crippen LogP contribution in [0.1, 0.15) is 10.4 Å². The molecular weight excluding hydrogens is 398 g/mol. The molecule has 0 radical (unpaired) electrons. The topological polar surface area (TPSA) is 46.5 Å². The summed E-state index contributed by atoms with van der Waals surface area (Å²) in [6, 6.07) is 3.30. The first kappa shape index (κ1) is 11.0. The van der Waals surface area contributed by atoms with Gasteiger partial charge in [-0.05, 0) is 57.3 Å². The van der Waals surface area contributed by atoms with Gasteiger partial charge in [-0.1, -0.05) is 0 Å². The summed E-state index contributed by atoms with van der Waals surface area (Å²) in [4.78, 5) is 11.1. The Morgan fingerprint density at radius 3 is 2.62 bits per heavy atom. The molecule has 0 unspecified atom stereocenters. The molecule has 0 aliphatic carbocycles. The van der Waals surface area contributed by atoms with E-state index < -0.39 is 5.97 Å². The molecule has 0 bridgehead atoms. The van der Waals surface area contributed by atoms with Crippen molar-refractivity contribution in [1.29, 1.82) is 0 Å². The summed E-state index contributed by atoms with van der Waals surface area (Å²) >= 11 is 4.06. The molecule has 0 heterocycles. The van der Waals surface area contributed by atoms with E-state index in [9.17, 15) is 9.90 Å².